The van der Waals surface area contributed by atoms with Crippen LogP contribution in [0.2, 0.25) is 0 Å². The molecular weight excluding hydrogens is 332 g/mol. The van der Waals surface area contributed by atoms with Gasteiger partial charge in [0.1, 0.15) is 17.1 Å². The Morgan fingerprint density at radius 1 is 1.15 bits per heavy atom. The molecule has 3 rings (SSSR count). The molecule has 0 spiro atoms. The van der Waals surface area contributed by atoms with E-state index in [1.165, 1.54) is 6.07 Å². The molecule has 0 radical (unpaired) electrons. The van der Waals surface area contributed by atoms with E-state index in [1.54, 1.807) is 37.4 Å². The highest BCUT2D eigenvalue weighted by molar-refractivity contribution is 5.98. The Balaban J connectivity index is 1.93. The molecule has 5 nitrogen and oxygen atoms in total. The molecule has 1 heterocycles. The SMILES string of the molecule is CCc1cc(=O)oc2cc(C)cc(OCC(=O)c3cccc(OC)c3)c12. The number of hydrogen-bond donors (Lipinski definition) is 0. The van der Waals surface area contributed by atoms with Gasteiger partial charge in [-0.05, 0) is 48.7 Å². The molecule has 0 saturated carbocycles. The van der Waals surface area contributed by atoms with Crippen molar-refractivity contribution in [2.75, 3.05) is 13.7 Å². The van der Waals surface area contributed by atoms with Gasteiger partial charge in [0, 0.05) is 11.6 Å². The van der Waals surface area contributed by atoms with Crippen LogP contribution < -0.4 is 15.1 Å². The molecule has 26 heavy (non-hydrogen) atoms. The normalized spacial score (nSPS) is 10.7. The Morgan fingerprint density at radius 2 is 1.96 bits per heavy atom. The van der Waals surface area contributed by atoms with Crippen LogP contribution in [0.4, 0.5) is 0 Å². The summed E-state index contributed by atoms with van der Waals surface area (Å²) >= 11 is 0. The first-order chi connectivity index (χ1) is 12.5. The Hall–Kier alpha value is -3.08. The maximum absolute atomic E-state index is 12.5. The predicted molar refractivity (Wildman–Crippen MR) is 99.4 cm³/mol. The molecule has 0 aliphatic rings. The topological polar surface area (TPSA) is 65.7 Å². The third-order valence-electron chi connectivity index (χ3n) is 4.17. The highest BCUT2D eigenvalue weighted by atomic mass is 16.5. The molecule has 134 valence electrons. The third kappa shape index (κ3) is 3.61. The van der Waals surface area contributed by atoms with Gasteiger partial charge in [0.15, 0.2) is 12.4 Å². The van der Waals surface area contributed by atoms with Gasteiger partial charge >= 0.3 is 5.63 Å². The van der Waals surface area contributed by atoms with Crippen molar-refractivity contribution in [1.82, 2.24) is 0 Å². The molecule has 0 saturated heterocycles. The average molecular weight is 352 g/mol. The number of fused-ring (bicyclic) bond motifs is 1. The van der Waals surface area contributed by atoms with Crippen molar-refractivity contribution in [1.29, 1.82) is 0 Å². The predicted octanol–water partition coefficient (Wildman–Crippen LogP) is 3.93. The third-order valence-corrected chi connectivity index (χ3v) is 4.17. The van der Waals surface area contributed by atoms with Crippen LogP contribution in [-0.4, -0.2) is 19.5 Å². The van der Waals surface area contributed by atoms with E-state index >= 15 is 0 Å². The lowest BCUT2D eigenvalue weighted by molar-refractivity contribution is 0.0922. The van der Waals surface area contributed by atoms with Crippen molar-refractivity contribution >= 4 is 16.8 Å². The van der Waals surface area contributed by atoms with Gasteiger partial charge in [-0.2, -0.15) is 0 Å². The maximum atomic E-state index is 12.5. The van der Waals surface area contributed by atoms with E-state index in [0.29, 0.717) is 29.1 Å². The lowest BCUT2D eigenvalue weighted by Gasteiger charge is -2.12. The van der Waals surface area contributed by atoms with Crippen LogP contribution in [0.25, 0.3) is 11.0 Å². The summed E-state index contributed by atoms with van der Waals surface area (Å²) in [4.78, 5) is 24.2. The van der Waals surface area contributed by atoms with Crippen LogP contribution in [0.5, 0.6) is 11.5 Å². The van der Waals surface area contributed by atoms with Gasteiger partial charge in [-0.1, -0.05) is 19.1 Å². The van der Waals surface area contributed by atoms with E-state index in [-0.39, 0.29) is 12.4 Å². The zero-order chi connectivity index (χ0) is 18.7. The number of ether oxygens (including phenoxy) is 2. The minimum Gasteiger partial charge on any atom is -0.497 e. The monoisotopic (exact) mass is 352 g/mol. The summed E-state index contributed by atoms with van der Waals surface area (Å²) in [6, 6.07) is 12.1. The molecule has 0 aliphatic heterocycles. The van der Waals surface area contributed by atoms with Crippen molar-refractivity contribution in [2.45, 2.75) is 20.3 Å². The molecule has 3 aromatic rings. The number of ketones is 1. The highest BCUT2D eigenvalue weighted by Crippen LogP contribution is 2.30. The van der Waals surface area contributed by atoms with Gasteiger partial charge in [0.25, 0.3) is 0 Å². The van der Waals surface area contributed by atoms with E-state index in [0.717, 1.165) is 16.5 Å². The lowest BCUT2D eigenvalue weighted by Crippen LogP contribution is -2.12. The molecule has 0 bridgehead atoms. The second-order valence-corrected chi connectivity index (χ2v) is 6.02. The number of carbonyl (C=O) groups is 1. The fourth-order valence-electron chi connectivity index (χ4n) is 2.89. The number of methoxy groups -OCH3 is 1. The summed E-state index contributed by atoms with van der Waals surface area (Å²) in [5.41, 5.74) is 2.32. The minimum absolute atomic E-state index is 0.117. The molecule has 0 unspecified atom stereocenters. The smallest absolute Gasteiger partial charge is 0.336 e. The zero-order valence-corrected chi connectivity index (χ0v) is 15.0. The first kappa shape index (κ1) is 17.7. The van der Waals surface area contributed by atoms with Crippen molar-refractivity contribution in [2.24, 2.45) is 0 Å². The second kappa shape index (κ2) is 7.44. The lowest BCUT2D eigenvalue weighted by atomic mass is 10.0. The molecule has 0 amide bonds. The fraction of sp³-hybridized carbons (Fsp3) is 0.238. The van der Waals surface area contributed by atoms with Gasteiger partial charge in [-0.25, -0.2) is 4.79 Å². The summed E-state index contributed by atoms with van der Waals surface area (Å²) < 4.78 is 16.3. The van der Waals surface area contributed by atoms with Crippen LogP contribution in [0, 0.1) is 6.92 Å². The maximum Gasteiger partial charge on any atom is 0.336 e. The van der Waals surface area contributed by atoms with E-state index in [2.05, 4.69) is 0 Å². The quantitative estimate of drug-likeness (QED) is 0.497. The van der Waals surface area contributed by atoms with E-state index in [4.69, 9.17) is 13.9 Å². The summed E-state index contributed by atoms with van der Waals surface area (Å²) in [5.74, 6) is 0.998. The van der Waals surface area contributed by atoms with Crippen LogP contribution in [0.3, 0.4) is 0 Å². The van der Waals surface area contributed by atoms with Gasteiger partial charge in [0.05, 0.1) is 12.5 Å². The standard InChI is InChI=1S/C21H20O5/c1-4-14-11-20(23)26-19-9-13(2)8-18(21(14)19)25-12-17(22)15-6-5-7-16(10-15)24-3/h5-11H,4,12H2,1-3H3. The zero-order valence-electron chi connectivity index (χ0n) is 15.0. The van der Waals surface area contributed by atoms with Crippen molar-refractivity contribution in [3.63, 3.8) is 0 Å². The van der Waals surface area contributed by atoms with E-state index < -0.39 is 5.63 Å². The summed E-state index contributed by atoms with van der Waals surface area (Å²) in [6.07, 6.45) is 0.658. The van der Waals surface area contributed by atoms with Crippen molar-refractivity contribution in [3.8, 4) is 11.5 Å². The Morgan fingerprint density at radius 3 is 2.69 bits per heavy atom. The Bertz CT molecular complexity index is 1020. The van der Waals surface area contributed by atoms with Gasteiger partial charge < -0.3 is 13.9 Å². The molecule has 2 aromatic carbocycles. The van der Waals surface area contributed by atoms with Gasteiger partial charge in [0.2, 0.25) is 0 Å². The Labute approximate surface area is 151 Å². The summed E-state index contributed by atoms with van der Waals surface area (Å²) in [6.45, 7) is 3.72. The van der Waals surface area contributed by atoms with E-state index in [9.17, 15) is 9.59 Å². The van der Waals surface area contributed by atoms with Crippen LogP contribution in [0.1, 0.15) is 28.4 Å². The molecule has 5 heteroatoms. The van der Waals surface area contributed by atoms with Crippen LogP contribution in [0.15, 0.2) is 51.7 Å². The number of rotatable bonds is 6. The molecule has 0 fully saturated rings. The molecule has 1 aromatic heterocycles. The first-order valence-electron chi connectivity index (χ1n) is 8.39. The first-order valence-corrected chi connectivity index (χ1v) is 8.39. The number of aryl methyl sites for hydroxylation is 2. The number of Topliss-reactive ketones (excluding diaryl/α,β-unsaturated/α-hetero) is 1. The Kier molecular flexibility index (Phi) is 5.07. The fourth-order valence-corrected chi connectivity index (χ4v) is 2.89. The molecule has 0 N–H and O–H groups in total. The minimum atomic E-state index is -0.390. The second-order valence-electron chi connectivity index (χ2n) is 6.02. The number of carbonyl (C=O) groups excluding carboxylic acids is 1. The van der Waals surface area contributed by atoms with Gasteiger partial charge in [-0.3, -0.25) is 4.79 Å². The van der Waals surface area contributed by atoms with Crippen molar-refractivity contribution in [3.05, 3.63) is 69.6 Å². The summed E-state index contributed by atoms with van der Waals surface area (Å²) in [7, 11) is 1.55. The molecule has 0 atom stereocenters. The van der Waals surface area contributed by atoms with Crippen LogP contribution >= 0.6 is 0 Å². The van der Waals surface area contributed by atoms with Crippen molar-refractivity contribution < 1.29 is 18.7 Å². The van der Waals surface area contributed by atoms with E-state index in [1.807, 2.05) is 19.9 Å². The largest absolute Gasteiger partial charge is 0.497 e. The number of benzene rings is 2. The van der Waals surface area contributed by atoms with Gasteiger partial charge in [-0.15, -0.1) is 0 Å². The molecular formula is C21H20O5. The average Bonchev–Trinajstić information content (AvgIpc) is 2.64. The summed E-state index contributed by atoms with van der Waals surface area (Å²) in [5, 5.41) is 0.733. The molecule has 0 aliphatic carbocycles. The number of hydrogen-bond acceptors (Lipinski definition) is 5. The van der Waals surface area contributed by atoms with Crippen LogP contribution in [-0.2, 0) is 6.42 Å². The highest BCUT2D eigenvalue weighted by Gasteiger charge is 2.14.